The number of nitro groups is 1. The Labute approximate surface area is 159 Å². The number of carbonyl (C=O) groups excluding carboxylic acids is 1. The van der Waals surface area contributed by atoms with Gasteiger partial charge in [0, 0.05) is 23.4 Å². The molecule has 0 aromatic heterocycles. The Bertz CT molecular complexity index is 869. The maximum absolute atomic E-state index is 11.6. The highest BCUT2D eigenvalue weighted by atomic mass is 35.5. The Balaban J connectivity index is 1.79. The molecule has 0 heterocycles. The first kappa shape index (κ1) is 19.4. The Kier molecular flexibility index (Phi) is 7.13. The number of benzene rings is 2. The number of rotatable bonds is 7. The standard InChI is InChI=1S/C17H13Cl2N3O4/c18-13-6-7-16(15(19)10-13)26-11-17(23)21-20-8-2-4-12-3-1-5-14(9-12)22(24)25/h1-10H,11H2,(H,21,23). The molecule has 0 fully saturated rings. The fraction of sp³-hybridized carbons (Fsp3) is 0.0588. The highest BCUT2D eigenvalue weighted by Crippen LogP contribution is 2.27. The molecule has 2 aromatic rings. The summed E-state index contributed by atoms with van der Waals surface area (Å²) in [4.78, 5) is 21.8. The van der Waals surface area contributed by atoms with Crippen LogP contribution in [-0.4, -0.2) is 23.7 Å². The van der Waals surface area contributed by atoms with E-state index in [1.54, 1.807) is 30.3 Å². The lowest BCUT2D eigenvalue weighted by Gasteiger charge is -2.06. The number of amides is 1. The highest BCUT2D eigenvalue weighted by molar-refractivity contribution is 6.35. The van der Waals surface area contributed by atoms with E-state index in [4.69, 9.17) is 27.9 Å². The molecule has 0 bridgehead atoms. The second kappa shape index (κ2) is 9.55. The zero-order valence-corrected chi connectivity index (χ0v) is 14.8. The minimum atomic E-state index is -0.476. The molecule has 2 rings (SSSR count). The van der Waals surface area contributed by atoms with E-state index in [0.29, 0.717) is 21.4 Å². The van der Waals surface area contributed by atoms with Crippen molar-refractivity contribution in [1.29, 1.82) is 0 Å². The van der Waals surface area contributed by atoms with Crippen molar-refractivity contribution in [3.05, 3.63) is 74.3 Å². The van der Waals surface area contributed by atoms with Gasteiger partial charge in [-0.05, 0) is 29.8 Å². The first-order chi connectivity index (χ1) is 12.5. The van der Waals surface area contributed by atoms with Crippen molar-refractivity contribution in [3.8, 4) is 5.75 Å². The second-order valence-corrected chi connectivity index (χ2v) is 5.73. The number of non-ortho nitro benzene ring substituents is 1. The van der Waals surface area contributed by atoms with Gasteiger partial charge in [-0.15, -0.1) is 0 Å². The summed E-state index contributed by atoms with van der Waals surface area (Å²) in [5.74, 6) is -0.142. The molecule has 0 unspecified atom stereocenters. The number of hydrazone groups is 1. The number of carbonyl (C=O) groups is 1. The topological polar surface area (TPSA) is 93.8 Å². The van der Waals surface area contributed by atoms with Gasteiger partial charge in [0.2, 0.25) is 0 Å². The first-order valence-corrected chi connectivity index (χ1v) is 8.02. The lowest BCUT2D eigenvalue weighted by Crippen LogP contribution is -2.24. The molecule has 7 nitrogen and oxygen atoms in total. The van der Waals surface area contributed by atoms with E-state index in [1.807, 2.05) is 0 Å². The molecule has 0 spiro atoms. The minimum absolute atomic E-state index is 0.00426. The van der Waals surface area contributed by atoms with Gasteiger partial charge in [0.15, 0.2) is 6.61 Å². The summed E-state index contributed by atoms with van der Waals surface area (Å²) in [5.41, 5.74) is 2.91. The van der Waals surface area contributed by atoms with E-state index in [9.17, 15) is 14.9 Å². The van der Waals surface area contributed by atoms with Gasteiger partial charge in [-0.2, -0.15) is 5.10 Å². The van der Waals surface area contributed by atoms with Gasteiger partial charge in [0.25, 0.3) is 11.6 Å². The molecule has 0 atom stereocenters. The number of hydrogen-bond donors (Lipinski definition) is 1. The van der Waals surface area contributed by atoms with Crippen LogP contribution in [0.15, 0.2) is 53.6 Å². The predicted octanol–water partition coefficient (Wildman–Crippen LogP) is 4.10. The predicted molar refractivity (Wildman–Crippen MR) is 101 cm³/mol. The molecule has 0 aliphatic heterocycles. The molecular weight excluding hydrogens is 381 g/mol. The molecule has 0 saturated carbocycles. The summed E-state index contributed by atoms with van der Waals surface area (Å²) >= 11 is 11.7. The van der Waals surface area contributed by atoms with E-state index in [1.165, 1.54) is 30.5 Å². The average molecular weight is 394 g/mol. The van der Waals surface area contributed by atoms with Crippen LogP contribution in [-0.2, 0) is 4.79 Å². The van der Waals surface area contributed by atoms with E-state index in [-0.39, 0.29) is 12.3 Å². The molecule has 0 radical (unpaired) electrons. The number of nitrogens with one attached hydrogen (secondary N) is 1. The number of hydrogen-bond acceptors (Lipinski definition) is 5. The summed E-state index contributed by atoms with van der Waals surface area (Å²) in [6, 6.07) is 10.8. The minimum Gasteiger partial charge on any atom is -0.482 e. The van der Waals surface area contributed by atoms with Crippen molar-refractivity contribution in [3.63, 3.8) is 0 Å². The van der Waals surface area contributed by atoms with E-state index < -0.39 is 10.8 Å². The normalized spacial score (nSPS) is 11.0. The molecule has 0 aliphatic rings. The third-order valence-electron chi connectivity index (χ3n) is 2.97. The average Bonchev–Trinajstić information content (AvgIpc) is 2.61. The monoisotopic (exact) mass is 393 g/mol. The fourth-order valence-corrected chi connectivity index (χ4v) is 2.28. The molecule has 2 aromatic carbocycles. The van der Waals surface area contributed by atoms with Crippen LogP contribution in [0, 0.1) is 10.1 Å². The molecule has 1 amide bonds. The smallest absolute Gasteiger partial charge is 0.277 e. The lowest BCUT2D eigenvalue weighted by molar-refractivity contribution is -0.384. The Morgan fingerprint density at radius 2 is 2.08 bits per heavy atom. The molecular formula is C17H13Cl2N3O4. The van der Waals surface area contributed by atoms with Crippen LogP contribution in [0.2, 0.25) is 10.0 Å². The molecule has 9 heteroatoms. The number of halogens is 2. The Morgan fingerprint density at radius 1 is 1.27 bits per heavy atom. The highest BCUT2D eigenvalue weighted by Gasteiger charge is 2.06. The lowest BCUT2D eigenvalue weighted by atomic mass is 10.2. The summed E-state index contributed by atoms with van der Waals surface area (Å²) in [5, 5.41) is 15.2. The van der Waals surface area contributed by atoms with Crippen LogP contribution in [0.3, 0.4) is 0 Å². The third-order valence-corrected chi connectivity index (χ3v) is 3.50. The summed E-state index contributed by atoms with van der Waals surface area (Å²) < 4.78 is 5.26. The van der Waals surface area contributed by atoms with Crippen molar-refractivity contribution in [2.75, 3.05) is 6.61 Å². The van der Waals surface area contributed by atoms with Crippen molar-refractivity contribution < 1.29 is 14.5 Å². The van der Waals surface area contributed by atoms with Crippen LogP contribution >= 0.6 is 23.2 Å². The molecule has 0 saturated heterocycles. The summed E-state index contributed by atoms with van der Waals surface area (Å²) in [6.45, 7) is -0.271. The van der Waals surface area contributed by atoms with E-state index in [0.717, 1.165) is 0 Å². The Hall–Kier alpha value is -2.90. The van der Waals surface area contributed by atoms with Crippen molar-refractivity contribution in [2.45, 2.75) is 0 Å². The number of ether oxygens (including phenoxy) is 1. The Morgan fingerprint density at radius 3 is 2.81 bits per heavy atom. The van der Waals surface area contributed by atoms with Crippen LogP contribution in [0.4, 0.5) is 5.69 Å². The van der Waals surface area contributed by atoms with Crippen molar-refractivity contribution in [1.82, 2.24) is 5.43 Å². The fourth-order valence-electron chi connectivity index (χ4n) is 1.82. The van der Waals surface area contributed by atoms with Gasteiger partial charge in [-0.1, -0.05) is 41.4 Å². The zero-order valence-electron chi connectivity index (χ0n) is 13.3. The maximum atomic E-state index is 11.6. The van der Waals surface area contributed by atoms with Crippen molar-refractivity contribution in [2.24, 2.45) is 5.10 Å². The van der Waals surface area contributed by atoms with Crippen LogP contribution < -0.4 is 10.2 Å². The first-order valence-electron chi connectivity index (χ1n) is 7.26. The molecule has 0 aliphatic carbocycles. The maximum Gasteiger partial charge on any atom is 0.277 e. The quantitative estimate of drug-likeness (QED) is 0.435. The summed E-state index contributed by atoms with van der Waals surface area (Å²) in [6.07, 6.45) is 4.49. The number of nitrogens with zero attached hydrogens (tertiary/aromatic N) is 2. The number of nitro benzene ring substituents is 1. The van der Waals surface area contributed by atoms with Crippen LogP contribution in [0.5, 0.6) is 5.75 Å². The second-order valence-electron chi connectivity index (χ2n) is 4.89. The zero-order chi connectivity index (χ0) is 18.9. The van der Waals surface area contributed by atoms with E-state index >= 15 is 0 Å². The van der Waals surface area contributed by atoms with Gasteiger partial charge >= 0.3 is 0 Å². The molecule has 1 N–H and O–H groups in total. The van der Waals surface area contributed by atoms with E-state index in [2.05, 4.69) is 10.5 Å². The van der Waals surface area contributed by atoms with Gasteiger partial charge < -0.3 is 4.74 Å². The molecule has 134 valence electrons. The van der Waals surface area contributed by atoms with Crippen LogP contribution in [0.1, 0.15) is 5.56 Å². The van der Waals surface area contributed by atoms with Gasteiger partial charge in [0.05, 0.1) is 9.95 Å². The number of allylic oxidation sites excluding steroid dienone is 1. The summed E-state index contributed by atoms with van der Waals surface area (Å²) in [7, 11) is 0. The van der Waals surface area contributed by atoms with Gasteiger partial charge in [0.1, 0.15) is 5.75 Å². The SMILES string of the molecule is O=C(COc1ccc(Cl)cc1Cl)NN=CC=Cc1cccc([N+](=O)[O-])c1. The van der Waals surface area contributed by atoms with Crippen molar-refractivity contribution >= 4 is 47.1 Å². The van der Waals surface area contributed by atoms with Gasteiger partial charge in [-0.25, -0.2) is 5.43 Å². The molecule has 26 heavy (non-hydrogen) atoms. The van der Waals surface area contributed by atoms with Crippen LogP contribution in [0.25, 0.3) is 6.08 Å². The largest absolute Gasteiger partial charge is 0.482 e. The van der Waals surface area contributed by atoms with Gasteiger partial charge in [-0.3, -0.25) is 14.9 Å². The third kappa shape index (κ3) is 6.19.